The van der Waals surface area contributed by atoms with Crippen molar-refractivity contribution in [2.45, 2.75) is 26.7 Å². The summed E-state index contributed by atoms with van der Waals surface area (Å²) in [5.41, 5.74) is 8.03. The van der Waals surface area contributed by atoms with Crippen molar-refractivity contribution in [3.63, 3.8) is 0 Å². The molecule has 0 spiro atoms. The van der Waals surface area contributed by atoms with Crippen LogP contribution < -0.4 is 16.0 Å². The third-order valence-electron chi connectivity index (χ3n) is 4.37. The van der Waals surface area contributed by atoms with Crippen LogP contribution in [0.15, 0.2) is 34.7 Å². The Labute approximate surface area is 194 Å². The van der Waals surface area contributed by atoms with E-state index in [9.17, 15) is 9.18 Å². The van der Waals surface area contributed by atoms with Gasteiger partial charge in [0, 0.05) is 26.7 Å². The normalized spacial score (nSPS) is 9.42. The van der Waals surface area contributed by atoms with E-state index in [0.29, 0.717) is 34.5 Å². The zero-order valence-corrected chi connectivity index (χ0v) is 19.9. The first kappa shape index (κ1) is 29.4. The predicted molar refractivity (Wildman–Crippen MR) is 130 cm³/mol. The zero-order valence-electron chi connectivity index (χ0n) is 19.9. The highest BCUT2D eigenvalue weighted by molar-refractivity contribution is 6.10. The Morgan fingerprint density at radius 1 is 1.15 bits per heavy atom. The van der Waals surface area contributed by atoms with Crippen LogP contribution in [0.2, 0.25) is 0 Å². The molecule has 3 aromatic rings. The molecule has 0 saturated carbocycles. The number of benzene rings is 1. The summed E-state index contributed by atoms with van der Waals surface area (Å²) in [6.45, 7) is 8.57. The Balaban J connectivity index is 0.00000158. The zero-order chi connectivity index (χ0) is 25.6. The number of carbonyl (C=O) groups excluding carboxylic acids is 3. The molecule has 180 valence electrons. The number of halogens is 1. The van der Waals surface area contributed by atoms with Crippen LogP contribution in [0.4, 0.5) is 10.2 Å². The fourth-order valence-corrected chi connectivity index (χ4v) is 3.07. The number of nitrogens with zero attached hydrogens (tertiary/aromatic N) is 2. The molecule has 0 radical (unpaired) electrons. The molecule has 3 N–H and O–H groups in total. The molecule has 1 aromatic carbocycles. The topological polar surface area (TPSA) is 119 Å². The summed E-state index contributed by atoms with van der Waals surface area (Å²) >= 11 is 0. The Morgan fingerprint density at radius 3 is 2.21 bits per heavy atom. The number of nitrogens with one attached hydrogen (secondary N) is 1. The van der Waals surface area contributed by atoms with Crippen molar-refractivity contribution in [2.24, 2.45) is 5.73 Å². The monoisotopic (exact) mass is 460 g/mol. The Morgan fingerprint density at radius 2 is 1.73 bits per heavy atom. The lowest BCUT2D eigenvalue weighted by Crippen LogP contribution is -2.18. The third-order valence-corrected chi connectivity index (χ3v) is 4.37. The maximum atomic E-state index is 13.3. The average Bonchev–Trinajstić information content (AvgIpc) is 3.24. The predicted octanol–water partition coefficient (Wildman–Crippen LogP) is 3.61. The third kappa shape index (κ3) is 7.21. The van der Waals surface area contributed by atoms with Gasteiger partial charge in [-0.1, -0.05) is 13.8 Å². The van der Waals surface area contributed by atoms with E-state index in [4.69, 9.17) is 19.7 Å². The molecule has 2 aromatic heterocycles. The van der Waals surface area contributed by atoms with Crippen LogP contribution in [-0.4, -0.2) is 52.2 Å². The first-order chi connectivity index (χ1) is 16.0. The molecule has 0 saturated heterocycles. The Kier molecular flexibility index (Phi) is 13.6. The maximum Gasteiger partial charge on any atom is 0.255 e. The summed E-state index contributed by atoms with van der Waals surface area (Å²) in [7, 11) is 5.37. The lowest BCUT2D eigenvalue weighted by atomic mass is 10.0. The van der Waals surface area contributed by atoms with Crippen molar-refractivity contribution in [2.75, 3.05) is 32.6 Å². The van der Waals surface area contributed by atoms with E-state index in [1.807, 2.05) is 52.5 Å². The van der Waals surface area contributed by atoms with Gasteiger partial charge in [-0.15, -0.1) is 0 Å². The fraction of sp³-hybridized carbons (Fsp3) is 0.333. The van der Waals surface area contributed by atoms with Crippen molar-refractivity contribution < 1.29 is 23.2 Å². The van der Waals surface area contributed by atoms with E-state index in [1.54, 1.807) is 19.2 Å². The number of carbonyl (C=O) groups is 3. The van der Waals surface area contributed by atoms with Gasteiger partial charge in [-0.05, 0) is 55.3 Å². The second-order valence-electron chi connectivity index (χ2n) is 6.50. The van der Waals surface area contributed by atoms with Gasteiger partial charge in [-0.3, -0.25) is 4.79 Å². The lowest BCUT2D eigenvalue weighted by Gasteiger charge is -2.16. The highest BCUT2D eigenvalue weighted by atomic mass is 19.1. The molecule has 0 bridgehead atoms. The van der Waals surface area contributed by atoms with E-state index in [-0.39, 0.29) is 11.7 Å². The van der Waals surface area contributed by atoms with Gasteiger partial charge in [0.15, 0.2) is 0 Å². The van der Waals surface area contributed by atoms with Crippen molar-refractivity contribution in [3.8, 4) is 11.3 Å². The van der Waals surface area contributed by atoms with Crippen molar-refractivity contribution in [3.05, 3.63) is 47.3 Å². The first-order valence-electron chi connectivity index (χ1n) is 10.4. The van der Waals surface area contributed by atoms with E-state index in [0.717, 1.165) is 24.2 Å². The standard InChI is InChI=1S/C20H23FN4O2.C2H6.2CH2O/c1-23-19(26)16-15-11-13(5-4-10-22)18(25(2)3)24-20(15)27-17(16)12-6-8-14(21)9-7-12;3*1-2/h6-9,11H,4-5,10,22H2,1-3H3,(H,23,26);1-2H3;2*1H2. The summed E-state index contributed by atoms with van der Waals surface area (Å²) in [5, 5.41) is 3.28. The number of anilines is 1. The number of aromatic nitrogens is 1. The van der Waals surface area contributed by atoms with E-state index in [2.05, 4.69) is 10.3 Å². The Bertz CT molecular complexity index is 1000. The molecule has 3 rings (SSSR count). The number of hydrogen-bond acceptors (Lipinski definition) is 7. The molecule has 2 heterocycles. The van der Waals surface area contributed by atoms with E-state index < -0.39 is 0 Å². The molecular formula is C24H33FN4O4. The number of pyridine rings is 1. The van der Waals surface area contributed by atoms with E-state index in [1.165, 1.54) is 12.1 Å². The van der Waals surface area contributed by atoms with Crippen molar-refractivity contribution in [1.82, 2.24) is 10.3 Å². The molecule has 33 heavy (non-hydrogen) atoms. The molecule has 0 aliphatic rings. The van der Waals surface area contributed by atoms with Gasteiger partial charge in [-0.25, -0.2) is 4.39 Å². The van der Waals surface area contributed by atoms with Crippen molar-refractivity contribution in [1.29, 1.82) is 0 Å². The molecule has 0 aliphatic heterocycles. The molecule has 8 nitrogen and oxygen atoms in total. The van der Waals surface area contributed by atoms with Crippen LogP contribution in [-0.2, 0) is 16.0 Å². The first-order valence-corrected chi connectivity index (χ1v) is 10.4. The molecule has 0 atom stereocenters. The van der Waals surface area contributed by atoms with Crippen LogP contribution in [0.5, 0.6) is 0 Å². The summed E-state index contributed by atoms with van der Waals surface area (Å²) in [6.07, 6.45) is 1.56. The summed E-state index contributed by atoms with van der Waals surface area (Å²) < 4.78 is 19.3. The second-order valence-corrected chi connectivity index (χ2v) is 6.50. The molecule has 0 unspecified atom stereocenters. The van der Waals surface area contributed by atoms with Crippen LogP contribution in [0.25, 0.3) is 22.4 Å². The van der Waals surface area contributed by atoms with Crippen LogP contribution in [0, 0.1) is 5.82 Å². The van der Waals surface area contributed by atoms with Gasteiger partial charge in [0.25, 0.3) is 5.91 Å². The maximum absolute atomic E-state index is 13.3. The molecule has 9 heteroatoms. The molecule has 1 amide bonds. The number of nitrogens with two attached hydrogens (primary N) is 1. The van der Waals surface area contributed by atoms with Gasteiger partial charge >= 0.3 is 0 Å². The minimum atomic E-state index is -0.353. The molecule has 0 fully saturated rings. The van der Waals surface area contributed by atoms with Gasteiger partial charge in [0.05, 0.1) is 10.9 Å². The van der Waals surface area contributed by atoms with Crippen molar-refractivity contribution >= 4 is 36.4 Å². The minimum Gasteiger partial charge on any atom is -0.437 e. The summed E-state index contributed by atoms with van der Waals surface area (Å²) in [4.78, 5) is 35.1. The summed E-state index contributed by atoms with van der Waals surface area (Å²) in [5.74, 6) is 0.516. The van der Waals surface area contributed by atoms with E-state index >= 15 is 0 Å². The molecule has 0 aliphatic carbocycles. The van der Waals surface area contributed by atoms with Gasteiger partial charge in [0.2, 0.25) is 5.71 Å². The Hall–Kier alpha value is -3.59. The number of hydrogen-bond donors (Lipinski definition) is 2. The van der Waals surface area contributed by atoms with Crippen LogP contribution in [0.1, 0.15) is 36.2 Å². The minimum absolute atomic E-state index is 0.280. The smallest absolute Gasteiger partial charge is 0.255 e. The van der Waals surface area contributed by atoms with Crippen LogP contribution in [0.3, 0.4) is 0 Å². The van der Waals surface area contributed by atoms with Gasteiger partial charge in [0.1, 0.15) is 31.0 Å². The van der Waals surface area contributed by atoms with Crippen LogP contribution >= 0.6 is 0 Å². The quantitative estimate of drug-likeness (QED) is 0.577. The van der Waals surface area contributed by atoms with Gasteiger partial charge in [-0.2, -0.15) is 4.98 Å². The second kappa shape index (κ2) is 15.3. The SMILES string of the molecule is C=O.C=O.CC.CNC(=O)c1c(-c2ccc(F)cc2)oc2nc(N(C)C)c(CCCN)cc12. The highest BCUT2D eigenvalue weighted by Crippen LogP contribution is 2.35. The average molecular weight is 461 g/mol. The number of fused-ring (bicyclic) bond motifs is 1. The lowest BCUT2D eigenvalue weighted by molar-refractivity contribution is -0.0987. The largest absolute Gasteiger partial charge is 0.437 e. The number of amides is 1. The van der Waals surface area contributed by atoms with Gasteiger partial charge < -0.3 is 30.0 Å². The molecular weight excluding hydrogens is 427 g/mol. The fourth-order valence-electron chi connectivity index (χ4n) is 3.07. The number of furan rings is 1. The summed E-state index contributed by atoms with van der Waals surface area (Å²) in [6, 6.07) is 7.78. The number of rotatable bonds is 6. The highest BCUT2D eigenvalue weighted by Gasteiger charge is 2.24. The number of aryl methyl sites for hydroxylation is 1.